The number of allylic oxidation sites excluding steroid dienone is 4. The topological polar surface area (TPSA) is 34.1 Å². The first-order chi connectivity index (χ1) is 9.09. The zero-order valence-electron chi connectivity index (χ0n) is 13.8. The van der Waals surface area contributed by atoms with Crippen molar-refractivity contribution < 1.29 is 9.59 Å². The van der Waals surface area contributed by atoms with E-state index in [0.717, 1.165) is 24.8 Å². The highest BCUT2D eigenvalue weighted by Gasteiger charge is 2.35. The Kier molecular flexibility index (Phi) is 5.12. The summed E-state index contributed by atoms with van der Waals surface area (Å²) in [5.74, 6) is -0.685. The van der Waals surface area contributed by atoms with Gasteiger partial charge in [-0.15, -0.1) is 0 Å². The van der Waals surface area contributed by atoms with E-state index in [9.17, 15) is 9.59 Å². The molecule has 0 fully saturated rings. The predicted molar refractivity (Wildman–Crippen MR) is 83.6 cm³/mol. The molecule has 1 rings (SSSR count). The van der Waals surface area contributed by atoms with Crippen LogP contribution >= 0.6 is 0 Å². The van der Waals surface area contributed by atoms with Gasteiger partial charge in [-0.3, -0.25) is 9.59 Å². The fourth-order valence-corrected chi connectivity index (χ4v) is 2.49. The molecular formula is C18H28O2. The monoisotopic (exact) mass is 276 g/mol. The number of unbranched alkanes of at least 4 members (excludes halogenated alkanes) is 2. The Morgan fingerprint density at radius 1 is 0.950 bits per heavy atom. The van der Waals surface area contributed by atoms with Gasteiger partial charge in [-0.25, -0.2) is 0 Å². The average Bonchev–Trinajstić information content (AvgIpc) is 2.31. The molecule has 0 aromatic carbocycles. The standard InChI is InChI=1S/C18H28O2/c1-7-8-9-10-18(5,6)14-11-13(17(2,3)4)12-15(19)16(14)20/h11-12H,7-10H2,1-6H3. The predicted octanol–water partition coefficient (Wildman–Crippen LogP) is 4.64. The van der Waals surface area contributed by atoms with Crippen LogP contribution < -0.4 is 0 Å². The molecule has 0 spiro atoms. The molecule has 0 aliphatic heterocycles. The molecule has 0 atom stereocenters. The summed E-state index contributed by atoms with van der Waals surface area (Å²) in [6, 6.07) is 0. The number of carbonyl (C=O) groups is 2. The average molecular weight is 276 g/mol. The summed E-state index contributed by atoms with van der Waals surface area (Å²) in [6.45, 7) is 12.5. The van der Waals surface area contributed by atoms with Gasteiger partial charge in [0.1, 0.15) is 0 Å². The smallest absolute Gasteiger partial charge is 0.229 e. The quantitative estimate of drug-likeness (QED) is 0.416. The first-order valence-corrected chi connectivity index (χ1v) is 7.62. The summed E-state index contributed by atoms with van der Waals surface area (Å²) in [5.41, 5.74) is 1.31. The summed E-state index contributed by atoms with van der Waals surface area (Å²) in [7, 11) is 0. The third-order valence-corrected chi connectivity index (χ3v) is 4.06. The summed E-state index contributed by atoms with van der Waals surface area (Å²) in [6.07, 6.45) is 7.83. The van der Waals surface area contributed by atoms with Gasteiger partial charge in [0.15, 0.2) is 0 Å². The molecule has 0 heterocycles. The van der Waals surface area contributed by atoms with Gasteiger partial charge in [0.2, 0.25) is 11.6 Å². The van der Waals surface area contributed by atoms with Crippen molar-refractivity contribution in [2.24, 2.45) is 10.8 Å². The lowest BCUT2D eigenvalue weighted by atomic mass is 9.71. The van der Waals surface area contributed by atoms with Gasteiger partial charge in [0.25, 0.3) is 0 Å². The molecule has 0 aromatic heterocycles. The summed E-state index contributed by atoms with van der Waals surface area (Å²) < 4.78 is 0. The van der Waals surface area contributed by atoms with Crippen LogP contribution in [-0.2, 0) is 9.59 Å². The Labute approximate surface area is 123 Å². The van der Waals surface area contributed by atoms with Gasteiger partial charge in [-0.1, -0.05) is 66.9 Å². The lowest BCUT2D eigenvalue weighted by Crippen LogP contribution is -2.30. The molecule has 1 aliphatic carbocycles. The number of ketones is 2. The van der Waals surface area contributed by atoms with Crippen molar-refractivity contribution in [1.82, 2.24) is 0 Å². The fourth-order valence-electron chi connectivity index (χ4n) is 2.49. The minimum Gasteiger partial charge on any atom is -0.286 e. The molecule has 0 N–H and O–H groups in total. The van der Waals surface area contributed by atoms with Crippen molar-refractivity contribution in [3.8, 4) is 0 Å². The van der Waals surface area contributed by atoms with E-state index in [1.807, 2.05) is 6.08 Å². The van der Waals surface area contributed by atoms with Gasteiger partial charge in [0.05, 0.1) is 0 Å². The molecule has 0 saturated heterocycles. The van der Waals surface area contributed by atoms with Gasteiger partial charge in [-0.2, -0.15) is 0 Å². The number of rotatable bonds is 5. The number of carbonyl (C=O) groups excluding carboxylic acids is 2. The molecule has 0 aromatic rings. The van der Waals surface area contributed by atoms with Crippen molar-refractivity contribution in [1.29, 1.82) is 0 Å². The molecule has 0 saturated carbocycles. The SMILES string of the molecule is CCCCCC(C)(C)C1=CC(C(C)(C)C)=CC(=O)C1=O. The molecular weight excluding hydrogens is 248 g/mol. The Balaban J connectivity index is 3.07. The summed E-state index contributed by atoms with van der Waals surface area (Å²) >= 11 is 0. The first kappa shape index (κ1) is 16.9. The third-order valence-electron chi connectivity index (χ3n) is 4.06. The largest absolute Gasteiger partial charge is 0.286 e. The number of Topliss-reactive ketones (excluding diaryl/α,β-unsaturated/α-hetero) is 1. The maximum Gasteiger partial charge on any atom is 0.229 e. The lowest BCUT2D eigenvalue weighted by molar-refractivity contribution is -0.132. The molecule has 20 heavy (non-hydrogen) atoms. The normalized spacial score (nSPS) is 17.1. The van der Waals surface area contributed by atoms with Crippen LogP contribution in [0.1, 0.15) is 67.2 Å². The zero-order valence-corrected chi connectivity index (χ0v) is 13.8. The second-order valence-corrected chi connectivity index (χ2v) is 7.44. The number of hydrogen-bond acceptors (Lipinski definition) is 2. The van der Waals surface area contributed by atoms with E-state index in [2.05, 4.69) is 41.5 Å². The fraction of sp³-hybridized carbons (Fsp3) is 0.667. The van der Waals surface area contributed by atoms with Crippen LogP contribution in [0.2, 0.25) is 0 Å². The molecule has 0 radical (unpaired) electrons. The van der Waals surface area contributed by atoms with Gasteiger partial charge < -0.3 is 0 Å². The second-order valence-electron chi connectivity index (χ2n) is 7.44. The maximum absolute atomic E-state index is 12.2. The van der Waals surface area contributed by atoms with Crippen LogP contribution in [0.15, 0.2) is 23.3 Å². The highest BCUT2D eigenvalue weighted by atomic mass is 16.2. The van der Waals surface area contributed by atoms with Crippen LogP contribution in [-0.4, -0.2) is 11.6 Å². The van der Waals surface area contributed by atoms with Crippen LogP contribution in [0, 0.1) is 10.8 Å². The molecule has 2 nitrogen and oxygen atoms in total. The minimum atomic E-state index is -0.365. The molecule has 0 amide bonds. The minimum absolute atomic E-state index is 0.110. The van der Waals surface area contributed by atoms with Crippen molar-refractivity contribution in [2.45, 2.75) is 67.2 Å². The number of hydrogen-bond donors (Lipinski definition) is 0. The Morgan fingerprint density at radius 2 is 1.55 bits per heavy atom. The van der Waals surface area contributed by atoms with Crippen LogP contribution in [0.4, 0.5) is 0 Å². The van der Waals surface area contributed by atoms with E-state index in [1.165, 1.54) is 12.5 Å². The van der Waals surface area contributed by atoms with Crippen molar-refractivity contribution in [3.63, 3.8) is 0 Å². The van der Waals surface area contributed by atoms with E-state index in [0.29, 0.717) is 5.57 Å². The Hall–Kier alpha value is -1.18. The lowest BCUT2D eigenvalue weighted by Gasteiger charge is -2.31. The maximum atomic E-state index is 12.2. The Bertz CT molecular complexity index is 456. The molecule has 0 bridgehead atoms. The third kappa shape index (κ3) is 3.91. The van der Waals surface area contributed by atoms with E-state index in [-0.39, 0.29) is 22.4 Å². The Morgan fingerprint density at radius 3 is 2.05 bits per heavy atom. The zero-order chi connectivity index (χ0) is 15.6. The molecule has 1 aliphatic rings. The van der Waals surface area contributed by atoms with Crippen LogP contribution in [0.25, 0.3) is 0 Å². The van der Waals surface area contributed by atoms with Crippen molar-refractivity contribution >= 4 is 11.6 Å². The first-order valence-electron chi connectivity index (χ1n) is 7.62. The molecule has 112 valence electrons. The van der Waals surface area contributed by atoms with E-state index >= 15 is 0 Å². The van der Waals surface area contributed by atoms with Gasteiger partial charge in [0, 0.05) is 5.57 Å². The van der Waals surface area contributed by atoms with E-state index in [4.69, 9.17) is 0 Å². The van der Waals surface area contributed by atoms with Crippen molar-refractivity contribution in [2.75, 3.05) is 0 Å². The summed E-state index contributed by atoms with van der Waals surface area (Å²) in [4.78, 5) is 24.2. The molecule has 0 unspecified atom stereocenters. The van der Waals surface area contributed by atoms with Crippen LogP contribution in [0.3, 0.4) is 0 Å². The summed E-state index contributed by atoms with van der Waals surface area (Å²) in [5, 5.41) is 0. The molecule has 2 heteroatoms. The highest BCUT2D eigenvalue weighted by Crippen LogP contribution is 2.39. The van der Waals surface area contributed by atoms with Gasteiger partial charge in [-0.05, 0) is 28.9 Å². The highest BCUT2D eigenvalue weighted by molar-refractivity contribution is 6.48. The second kappa shape index (κ2) is 6.07. The van der Waals surface area contributed by atoms with E-state index < -0.39 is 0 Å². The van der Waals surface area contributed by atoms with Crippen LogP contribution in [0.5, 0.6) is 0 Å². The van der Waals surface area contributed by atoms with Gasteiger partial charge >= 0.3 is 0 Å². The van der Waals surface area contributed by atoms with E-state index in [1.54, 1.807) is 0 Å². The van der Waals surface area contributed by atoms with Crippen molar-refractivity contribution in [3.05, 3.63) is 23.3 Å².